The largest absolute Gasteiger partial charge is 0.384 e. The third-order valence-electron chi connectivity index (χ3n) is 3.48. The normalized spacial score (nSPS) is 34.9. The van der Waals surface area contributed by atoms with Gasteiger partial charge in [-0.05, 0) is 37.0 Å². The fourth-order valence-electron chi connectivity index (χ4n) is 2.20. The molecule has 0 aromatic heterocycles. The fourth-order valence-corrected chi connectivity index (χ4v) is 2.20. The van der Waals surface area contributed by atoms with Gasteiger partial charge in [0.2, 0.25) is 0 Å². The Bertz CT molecular complexity index is 188. The van der Waals surface area contributed by atoms with E-state index in [-0.39, 0.29) is 18.3 Å². The van der Waals surface area contributed by atoms with Crippen LogP contribution in [0, 0.1) is 11.3 Å². The van der Waals surface area contributed by atoms with Gasteiger partial charge in [0, 0.05) is 0 Å². The first-order chi connectivity index (χ1) is 6.26. The van der Waals surface area contributed by atoms with Crippen LogP contribution in [0.1, 0.15) is 46.5 Å². The second kappa shape index (κ2) is 3.76. The van der Waals surface area contributed by atoms with Crippen molar-refractivity contribution in [3.63, 3.8) is 0 Å². The van der Waals surface area contributed by atoms with Crippen molar-refractivity contribution in [1.82, 2.24) is 0 Å². The molecule has 3 heteroatoms. The molecular formula is C11H20F2O. The molecule has 0 heterocycles. The van der Waals surface area contributed by atoms with Gasteiger partial charge in [-0.25, -0.2) is 8.78 Å². The summed E-state index contributed by atoms with van der Waals surface area (Å²) in [7, 11) is 0. The Morgan fingerprint density at radius 1 is 1.21 bits per heavy atom. The second-order valence-corrected chi connectivity index (χ2v) is 5.54. The fraction of sp³-hybridized carbons (Fsp3) is 1.00. The second-order valence-electron chi connectivity index (χ2n) is 5.54. The average Bonchev–Trinajstić information content (AvgIpc) is 2.03. The van der Waals surface area contributed by atoms with Crippen LogP contribution < -0.4 is 0 Å². The number of alkyl halides is 2. The van der Waals surface area contributed by atoms with Gasteiger partial charge in [-0.15, -0.1) is 0 Å². The molecule has 0 saturated heterocycles. The molecule has 0 amide bonds. The minimum Gasteiger partial charge on any atom is -0.384 e. The zero-order valence-electron chi connectivity index (χ0n) is 9.19. The minimum absolute atomic E-state index is 0.170. The molecule has 1 aliphatic rings. The molecule has 0 spiro atoms. The molecule has 0 atom stereocenters. The summed E-state index contributed by atoms with van der Waals surface area (Å²) in [4.78, 5) is 0. The van der Waals surface area contributed by atoms with E-state index in [0.29, 0.717) is 18.8 Å². The third kappa shape index (κ3) is 2.44. The van der Waals surface area contributed by atoms with E-state index in [0.717, 1.165) is 0 Å². The van der Waals surface area contributed by atoms with Crippen molar-refractivity contribution in [2.75, 3.05) is 0 Å². The summed E-state index contributed by atoms with van der Waals surface area (Å²) >= 11 is 0. The van der Waals surface area contributed by atoms with Crippen LogP contribution in [0.3, 0.4) is 0 Å². The zero-order valence-corrected chi connectivity index (χ0v) is 9.19. The van der Waals surface area contributed by atoms with Gasteiger partial charge in [-0.1, -0.05) is 20.8 Å². The topological polar surface area (TPSA) is 20.2 Å². The highest BCUT2D eigenvalue weighted by Crippen LogP contribution is 2.43. The molecule has 1 fully saturated rings. The van der Waals surface area contributed by atoms with Crippen LogP contribution in [-0.2, 0) is 0 Å². The standard InChI is InChI=1S/C11H20F2O/c1-10(2,3)8-4-6-11(14,7-5-8)9(12)13/h8-9,14H,4-7H2,1-3H3. The van der Waals surface area contributed by atoms with Crippen LogP contribution in [0.25, 0.3) is 0 Å². The lowest BCUT2D eigenvalue weighted by Crippen LogP contribution is -2.42. The van der Waals surface area contributed by atoms with Crippen LogP contribution in [0.15, 0.2) is 0 Å². The van der Waals surface area contributed by atoms with E-state index in [1.54, 1.807) is 0 Å². The SMILES string of the molecule is CC(C)(C)C1CCC(O)(C(F)F)CC1. The van der Waals surface area contributed by atoms with Gasteiger partial charge >= 0.3 is 0 Å². The molecule has 1 saturated carbocycles. The molecule has 1 rings (SSSR count). The van der Waals surface area contributed by atoms with Gasteiger partial charge < -0.3 is 5.11 Å². The van der Waals surface area contributed by atoms with Crippen molar-refractivity contribution in [1.29, 1.82) is 0 Å². The Hall–Kier alpha value is -0.180. The highest BCUT2D eigenvalue weighted by Gasteiger charge is 2.43. The first-order valence-corrected chi connectivity index (χ1v) is 5.26. The van der Waals surface area contributed by atoms with E-state index in [4.69, 9.17) is 0 Å². The zero-order chi connectivity index (χ0) is 11.0. The van der Waals surface area contributed by atoms with Gasteiger partial charge in [0.05, 0.1) is 0 Å². The minimum atomic E-state index is -2.59. The monoisotopic (exact) mass is 206 g/mol. The Balaban J connectivity index is 2.54. The van der Waals surface area contributed by atoms with Gasteiger partial charge in [-0.2, -0.15) is 0 Å². The summed E-state index contributed by atoms with van der Waals surface area (Å²) < 4.78 is 25.0. The molecule has 0 unspecified atom stereocenters. The molecule has 0 bridgehead atoms. The summed E-state index contributed by atoms with van der Waals surface area (Å²) in [5.41, 5.74) is -1.54. The summed E-state index contributed by atoms with van der Waals surface area (Å²) in [5, 5.41) is 9.58. The van der Waals surface area contributed by atoms with Gasteiger partial charge in [0.25, 0.3) is 6.43 Å². The first kappa shape index (κ1) is 11.9. The molecule has 0 aliphatic heterocycles. The summed E-state index contributed by atoms with van der Waals surface area (Å²) in [5.74, 6) is 0.460. The highest BCUT2D eigenvalue weighted by molar-refractivity contribution is 4.90. The highest BCUT2D eigenvalue weighted by atomic mass is 19.3. The number of hydrogen-bond donors (Lipinski definition) is 1. The van der Waals surface area contributed by atoms with E-state index in [1.807, 2.05) is 0 Å². The van der Waals surface area contributed by atoms with E-state index in [9.17, 15) is 13.9 Å². The van der Waals surface area contributed by atoms with Crippen molar-refractivity contribution in [2.24, 2.45) is 11.3 Å². The lowest BCUT2D eigenvalue weighted by atomic mass is 9.68. The Morgan fingerprint density at radius 2 is 1.64 bits per heavy atom. The van der Waals surface area contributed by atoms with Gasteiger partial charge in [0.1, 0.15) is 5.60 Å². The maximum atomic E-state index is 12.5. The first-order valence-electron chi connectivity index (χ1n) is 5.26. The molecule has 0 aromatic rings. The van der Waals surface area contributed by atoms with Crippen molar-refractivity contribution >= 4 is 0 Å². The molecule has 14 heavy (non-hydrogen) atoms. The van der Waals surface area contributed by atoms with E-state index >= 15 is 0 Å². The number of aliphatic hydroxyl groups is 1. The molecule has 0 radical (unpaired) electrons. The quantitative estimate of drug-likeness (QED) is 0.698. The average molecular weight is 206 g/mol. The Labute approximate surface area is 84.5 Å². The van der Waals surface area contributed by atoms with Crippen LogP contribution >= 0.6 is 0 Å². The summed E-state index contributed by atoms with van der Waals surface area (Å²) in [6.45, 7) is 6.39. The third-order valence-corrected chi connectivity index (χ3v) is 3.48. The molecule has 0 aromatic carbocycles. The number of halogens is 2. The predicted molar refractivity (Wildman–Crippen MR) is 52.4 cm³/mol. The number of hydrogen-bond acceptors (Lipinski definition) is 1. The van der Waals surface area contributed by atoms with E-state index in [2.05, 4.69) is 20.8 Å². The van der Waals surface area contributed by atoms with Crippen molar-refractivity contribution in [2.45, 2.75) is 58.5 Å². The lowest BCUT2D eigenvalue weighted by molar-refractivity contribution is -0.128. The number of rotatable bonds is 1. The predicted octanol–water partition coefficient (Wildman–Crippen LogP) is 3.22. The van der Waals surface area contributed by atoms with Crippen LogP contribution in [0.4, 0.5) is 8.78 Å². The van der Waals surface area contributed by atoms with Crippen LogP contribution in [0.5, 0.6) is 0 Å². The molecular weight excluding hydrogens is 186 g/mol. The molecule has 84 valence electrons. The van der Waals surface area contributed by atoms with Gasteiger partial charge in [0.15, 0.2) is 0 Å². The summed E-state index contributed by atoms with van der Waals surface area (Å²) in [6, 6.07) is 0. The Kier molecular flexibility index (Phi) is 3.20. The van der Waals surface area contributed by atoms with E-state index < -0.39 is 12.0 Å². The maximum absolute atomic E-state index is 12.5. The summed E-state index contributed by atoms with van der Waals surface area (Å²) in [6.07, 6.45) is -0.683. The van der Waals surface area contributed by atoms with Crippen LogP contribution in [-0.4, -0.2) is 17.1 Å². The molecule has 1 aliphatic carbocycles. The van der Waals surface area contributed by atoms with Crippen molar-refractivity contribution in [3.05, 3.63) is 0 Å². The molecule has 1 nitrogen and oxygen atoms in total. The van der Waals surface area contributed by atoms with Gasteiger partial charge in [-0.3, -0.25) is 0 Å². The van der Waals surface area contributed by atoms with E-state index in [1.165, 1.54) is 0 Å². The Morgan fingerprint density at radius 3 is 1.93 bits per heavy atom. The lowest BCUT2D eigenvalue weighted by Gasteiger charge is -2.40. The maximum Gasteiger partial charge on any atom is 0.266 e. The van der Waals surface area contributed by atoms with Crippen molar-refractivity contribution in [3.8, 4) is 0 Å². The van der Waals surface area contributed by atoms with Crippen LogP contribution in [0.2, 0.25) is 0 Å². The molecule has 1 N–H and O–H groups in total. The smallest absolute Gasteiger partial charge is 0.266 e. The van der Waals surface area contributed by atoms with Crippen molar-refractivity contribution < 1.29 is 13.9 Å².